The molecule has 2 aromatic rings. The molecule has 2 nitrogen and oxygen atoms in total. The summed E-state index contributed by atoms with van der Waals surface area (Å²) in [6.07, 6.45) is 2.24. The van der Waals surface area contributed by atoms with Crippen LogP contribution >= 0.6 is 0 Å². The third kappa shape index (κ3) is 3.22. The van der Waals surface area contributed by atoms with E-state index in [1.54, 1.807) is 0 Å². The van der Waals surface area contributed by atoms with Gasteiger partial charge in [-0.05, 0) is 42.2 Å². The molecule has 0 spiro atoms. The normalized spacial score (nSPS) is 13.6. The average molecular weight is 288 g/mol. The van der Waals surface area contributed by atoms with Crippen molar-refractivity contribution >= 4 is 5.69 Å². The monoisotopic (exact) mass is 288 g/mol. The highest BCUT2D eigenvalue weighted by Crippen LogP contribution is 2.26. The fraction of sp³-hybridized carbons (Fsp3) is 0.294. The Kier molecular flexibility index (Phi) is 4.15. The zero-order valence-electron chi connectivity index (χ0n) is 11.8. The van der Waals surface area contributed by atoms with Crippen LogP contribution in [0, 0.1) is 11.6 Å². The van der Waals surface area contributed by atoms with Gasteiger partial charge in [-0.3, -0.25) is 0 Å². The van der Waals surface area contributed by atoms with Crippen LogP contribution in [-0.2, 0) is 19.5 Å². The topological polar surface area (TPSA) is 24.1 Å². The van der Waals surface area contributed by atoms with Crippen LogP contribution in [-0.4, -0.2) is 6.54 Å². The van der Waals surface area contributed by atoms with Crippen LogP contribution in [0.25, 0.3) is 0 Å². The molecule has 110 valence electrons. The van der Waals surface area contributed by atoms with Crippen molar-refractivity contribution in [3.05, 3.63) is 64.7 Å². The van der Waals surface area contributed by atoms with E-state index in [0.29, 0.717) is 18.7 Å². The van der Waals surface area contributed by atoms with Gasteiger partial charge in [-0.15, -0.1) is 0 Å². The summed E-state index contributed by atoms with van der Waals surface area (Å²) < 4.78 is 26.7. The molecule has 0 unspecified atom stereocenters. The van der Waals surface area contributed by atoms with E-state index in [1.807, 2.05) is 6.07 Å². The highest BCUT2D eigenvalue weighted by atomic mass is 19.1. The van der Waals surface area contributed by atoms with Crippen LogP contribution in [0.4, 0.5) is 14.5 Å². The predicted molar refractivity (Wildman–Crippen MR) is 80.2 cm³/mol. The second kappa shape index (κ2) is 6.22. The number of anilines is 1. The van der Waals surface area contributed by atoms with Crippen molar-refractivity contribution in [2.24, 2.45) is 0 Å². The van der Waals surface area contributed by atoms with E-state index in [-0.39, 0.29) is 5.82 Å². The van der Waals surface area contributed by atoms with Crippen molar-refractivity contribution < 1.29 is 8.78 Å². The van der Waals surface area contributed by atoms with Gasteiger partial charge in [0.05, 0.1) is 0 Å². The molecule has 21 heavy (non-hydrogen) atoms. The average Bonchev–Trinajstić information content (AvgIpc) is 2.51. The van der Waals surface area contributed by atoms with Crippen molar-refractivity contribution in [2.75, 3.05) is 11.9 Å². The number of nitrogens with one attached hydrogen (secondary N) is 2. The lowest BCUT2D eigenvalue weighted by Gasteiger charge is -2.21. The molecule has 0 aliphatic carbocycles. The molecule has 0 saturated heterocycles. The van der Waals surface area contributed by atoms with Gasteiger partial charge in [0, 0.05) is 30.9 Å². The third-order valence-corrected chi connectivity index (χ3v) is 3.80. The first-order chi connectivity index (χ1) is 10.2. The van der Waals surface area contributed by atoms with E-state index in [0.717, 1.165) is 31.5 Å². The molecular formula is C17H18F2N2. The summed E-state index contributed by atoms with van der Waals surface area (Å²) in [7, 11) is 0. The Balaban J connectivity index is 1.67. The van der Waals surface area contributed by atoms with Gasteiger partial charge in [0.1, 0.15) is 11.6 Å². The number of halogens is 2. The first kappa shape index (κ1) is 14.0. The van der Waals surface area contributed by atoms with Gasteiger partial charge in [0.25, 0.3) is 0 Å². The van der Waals surface area contributed by atoms with Gasteiger partial charge in [-0.2, -0.15) is 0 Å². The number of fused-ring (bicyclic) bond motifs is 1. The SMILES string of the molecule is Fc1ccc(F)c(CNCc2cccc3c2NCCC3)c1. The zero-order valence-corrected chi connectivity index (χ0v) is 11.8. The van der Waals surface area contributed by atoms with E-state index in [9.17, 15) is 8.78 Å². The van der Waals surface area contributed by atoms with Crippen molar-refractivity contribution in [1.82, 2.24) is 5.32 Å². The van der Waals surface area contributed by atoms with Crippen molar-refractivity contribution in [1.29, 1.82) is 0 Å². The van der Waals surface area contributed by atoms with Crippen molar-refractivity contribution in [3.63, 3.8) is 0 Å². The van der Waals surface area contributed by atoms with Gasteiger partial charge in [-0.25, -0.2) is 8.78 Å². The maximum atomic E-state index is 13.5. The van der Waals surface area contributed by atoms with Crippen molar-refractivity contribution in [2.45, 2.75) is 25.9 Å². The van der Waals surface area contributed by atoms with Gasteiger partial charge in [-0.1, -0.05) is 18.2 Å². The molecule has 1 aliphatic rings. The van der Waals surface area contributed by atoms with E-state index in [1.165, 1.54) is 22.9 Å². The smallest absolute Gasteiger partial charge is 0.127 e. The summed E-state index contributed by atoms with van der Waals surface area (Å²) in [5.41, 5.74) is 4.05. The van der Waals surface area contributed by atoms with Crippen LogP contribution in [0.15, 0.2) is 36.4 Å². The van der Waals surface area contributed by atoms with Crippen LogP contribution in [0.2, 0.25) is 0 Å². The summed E-state index contributed by atoms with van der Waals surface area (Å²) in [4.78, 5) is 0. The predicted octanol–water partition coefficient (Wildman–Crippen LogP) is 3.61. The van der Waals surface area contributed by atoms with Crippen LogP contribution in [0.3, 0.4) is 0 Å². The Morgan fingerprint density at radius 1 is 1.05 bits per heavy atom. The number of aryl methyl sites for hydroxylation is 1. The van der Waals surface area contributed by atoms with Crippen molar-refractivity contribution in [3.8, 4) is 0 Å². The fourth-order valence-corrected chi connectivity index (χ4v) is 2.74. The molecule has 0 atom stereocenters. The minimum absolute atomic E-state index is 0.313. The number of rotatable bonds is 4. The molecule has 1 aliphatic heterocycles. The molecule has 0 amide bonds. The molecule has 3 rings (SSSR count). The lowest BCUT2D eigenvalue weighted by atomic mass is 9.99. The summed E-state index contributed by atoms with van der Waals surface area (Å²) in [6.45, 7) is 1.93. The molecule has 0 radical (unpaired) electrons. The molecule has 0 saturated carbocycles. The largest absolute Gasteiger partial charge is 0.385 e. The molecule has 0 aromatic heterocycles. The van der Waals surface area contributed by atoms with Crippen LogP contribution < -0.4 is 10.6 Å². The Morgan fingerprint density at radius 2 is 1.90 bits per heavy atom. The lowest BCUT2D eigenvalue weighted by molar-refractivity contribution is 0.568. The Morgan fingerprint density at radius 3 is 2.81 bits per heavy atom. The minimum atomic E-state index is -0.410. The number of para-hydroxylation sites is 1. The minimum Gasteiger partial charge on any atom is -0.385 e. The summed E-state index contributed by atoms with van der Waals surface area (Å²) in [5.74, 6) is -0.788. The summed E-state index contributed by atoms with van der Waals surface area (Å²) in [5, 5.41) is 6.62. The fourth-order valence-electron chi connectivity index (χ4n) is 2.74. The summed E-state index contributed by atoms with van der Waals surface area (Å²) >= 11 is 0. The van der Waals surface area contributed by atoms with Gasteiger partial charge < -0.3 is 10.6 Å². The molecule has 2 aromatic carbocycles. The van der Waals surface area contributed by atoms with Gasteiger partial charge >= 0.3 is 0 Å². The molecule has 2 N–H and O–H groups in total. The molecule has 4 heteroatoms. The van der Waals surface area contributed by atoms with E-state index < -0.39 is 5.82 Å². The van der Waals surface area contributed by atoms with E-state index >= 15 is 0 Å². The van der Waals surface area contributed by atoms with Crippen LogP contribution in [0.1, 0.15) is 23.1 Å². The van der Waals surface area contributed by atoms with Crippen LogP contribution in [0.5, 0.6) is 0 Å². The Hall–Kier alpha value is -1.94. The van der Waals surface area contributed by atoms with Gasteiger partial charge in [0.15, 0.2) is 0 Å². The molecular weight excluding hydrogens is 270 g/mol. The number of benzene rings is 2. The lowest BCUT2D eigenvalue weighted by Crippen LogP contribution is -2.18. The molecule has 0 bridgehead atoms. The number of hydrogen-bond acceptors (Lipinski definition) is 2. The zero-order chi connectivity index (χ0) is 14.7. The van der Waals surface area contributed by atoms with E-state index in [2.05, 4.69) is 22.8 Å². The first-order valence-electron chi connectivity index (χ1n) is 7.23. The maximum Gasteiger partial charge on any atom is 0.127 e. The standard InChI is InChI=1S/C17H18F2N2/c18-15-6-7-16(19)14(9-15)11-20-10-13-4-1-3-12-5-2-8-21-17(12)13/h1,3-4,6-7,9,20-21H,2,5,8,10-11H2. The highest BCUT2D eigenvalue weighted by Gasteiger charge is 2.12. The number of hydrogen-bond donors (Lipinski definition) is 2. The summed E-state index contributed by atoms with van der Waals surface area (Å²) in [6, 6.07) is 9.78. The first-order valence-corrected chi connectivity index (χ1v) is 7.23. The second-order valence-electron chi connectivity index (χ2n) is 5.32. The Labute approximate surface area is 123 Å². The third-order valence-electron chi connectivity index (χ3n) is 3.80. The Bertz CT molecular complexity index is 641. The van der Waals surface area contributed by atoms with E-state index in [4.69, 9.17) is 0 Å². The van der Waals surface area contributed by atoms with Gasteiger partial charge in [0.2, 0.25) is 0 Å². The maximum absolute atomic E-state index is 13.5. The second-order valence-corrected chi connectivity index (χ2v) is 5.32. The highest BCUT2D eigenvalue weighted by molar-refractivity contribution is 5.59. The molecule has 1 heterocycles. The quantitative estimate of drug-likeness (QED) is 0.898. The molecule has 0 fully saturated rings.